The van der Waals surface area contributed by atoms with Crippen molar-refractivity contribution in [1.82, 2.24) is 10.2 Å². The first kappa shape index (κ1) is 14.0. The van der Waals surface area contributed by atoms with Crippen LogP contribution in [0.4, 0.5) is 0 Å². The Labute approximate surface area is 115 Å². The molecule has 1 saturated heterocycles. The lowest BCUT2D eigenvalue weighted by molar-refractivity contribution is -0.122. The third-order valence-electron chi connectivity index (χ3n) is 3.56. The predicted molar refractivity (Wildman–Crippen MR) is 76.8 cm³/mol. The number of carbonyl (C=O) groups excluding carboxylic acids is 1. The lowest BCUT2D eigenvalue weighted by atomic mass is 10.1. The van der Waals surface area contributed by atoms with Gasteiger partial charge in [0.15, 0.2) is 0 Å². The second kappa shape index (κ2) is 7.26. The van der Waals surface area contributed by atoms with E-state index in [9.17, 15) is 4.79 Å². The molecule has 4 nitrogen and oxygen atoms in total. The number of likely N-dealkylation sites (tertiary alicyclic amines) is 1. The number of hydrogen-bond donors (Lipinski definition) is 2. The maximum Gasteiger partial charge on any atom is 0.237 e. The molecule has 0 bridgehead atoms. The van der Waals surface area contributed by atoms with Gasteiger partial charge in [0.25, 0.3) is 0 Å². The van der Waals surface area contributed by atoms with Crippen LogP contribution in [0.2, 0.25) is 0 Å². The molecule has 19 heavy (non-hydrogen) atoms. The second-order valence-electron chi connectivity index (χ2n) is 5.14. The molecule has 104 valence electrons. The minimum atomic E-state index is -0.457. The molecule has 1 amide bonds. The highest BCUT2D eigenvalue weighted by atomic mass is 16.2. The molecule has 0 aliphatic carbocycles. The average Bonchev–Trinajstić information content (AvgIpc) is 2.93. The van der Waals surface area contributed by atoms with Crippen molar-refractivity contribution in [3.8, 4) is 0 Å². The Morgan fingerprint density at radius 1 is 1.26 bits per heavy atom. The van der Waals surface area contributed by atoms with Crippen LogP contribution in [-0.2, 0) is 11.2 Å². The maximum absolute atomic E-state index is 11.9. The van der Waals surface area contributed by atoms with E-state index in [2.05, 4.69) is 10.2 Å². The predicted octanol–water partition coefficient (Wildman–Crippen LogP) is 0.768. The zero-order valence-corrected chi connectivity index (χ0v) is 11.3. The van der Waals surface area contributed by atoms with E-state index in [1.807, 2.05) is 30.3 Å². The van der Waals surface area contributed by atoms with Crippen LogP contribution < -0.4 is 11.1 Å². The van der Waals surface area contributed by atoms with Crippen molar-refractivity contribution in [1.29, 1.82) is 0 Å². The quantitative estimate of drug-likeness (QED) is 0.795. The van der Waals surface area contributed by atoms with Crippen LogP contribution in [0.25, 0.3) is 0 Å². The van der Waals surface area contributed by atoms with Crippen molar-refractivity contribution in [2.24, 2.45) is 5.73 Å². The van der Waals surface area contributed by atoms with E-state index in [1.165, 1.54) is 12.8 Å². The number of carbonyl (C=O) groups is 1. The van der Waals surface area contributed by atoms with Crippen molar-refractivity contribution >= 4 is 5.91 Å². The van der Waals surface area contributed by atoms with Gasteiger partial charge >= 0.3 is 0 Å². The first-order valence-electron chi connectivity index (χ1n) is 7.05. The van der Waals surface area contributed by atoms with Crippen LogP contribution >= 0.6 is 0 Å². The summed E-state index contributed by atoms with van der Waals surface area (Å²) in [6.45, 7) is 3.95. The summed E-state index contributed by atoms with van der Waals surface area (Å²) in [7, 11) is 0. The van der Waals surface area contributed by atoms with Gasteiger partial charge in [-0.15, -0.1) is 0 Å². The van der Waals surface area contributed by atoms with Gasteiger partial charge < -0.3 is 16.0 Å². The molecule has 3 N–H and O–H groups in total. The summed E-state index contributed by atoms with van der Waals surface area (Å²) in [4.78, 5) is 14.2. The van der Waals surface area contributed by atoms with Crippen LogP contribution in [0.1, 0.15) is 18.4 Å². The number of rotatable bonds is 6. The summed E-state index contributed by atoms with van der Waals surface area (Å²) in [5.74, 6) is -0.0527. The summed E-state index contributed by atoms with van der Waals surface area (Å²) < 4.78 is 0. The lowest BCUT2D eigenvalue weighted by Gasteiger charge is -2.16. The van der Waals surface area contributed by atoms with E-state index in [4.69, 9.17) is 5.73 Å². The average molecular weight is 261 g/mol. The van der Waals surface area contributed by atoms with Gasteiger partial charge in [0, 0.05) is 13.1 Å². The summed E-state index contributed by atoms with van der Waals surface area (Å²) >= 11 is 0. The molecular weight excluding hydrogens is 238 g/mol. The maximum atomic E-state index is 11.9. The normalized spacial score (nSPS) is 17.3. The number of nitrogens with zero attached hydrogens (tertiary/aromatic N) is 1. The van der Waals surface area contributed by atoms with Crippen LogP contribution in [0.5, 0.6) is 0 Å². The van der Waals surface area contributed by atoms with E-state index in [0.717, 1.165) is 25.2 Å². The van der Waals surface area contributed by atoms with Crippen molar-refractivity contribution < 1.29 is 4.79 Å². The first-order chi connectivity index (χ1) is 9.25. The van der Waals surface area contributed by atoms with Crippen molar-refractivity contribution in [2.45, 2.75) is 25.3 Å². The van der Waals surface area contributed by atoms with Gasteiger partial charge in [0.1, 0.15) is 0 Å². The van der Waals surface area contributed by atoms with E-state index >= 15 is 0 Å². The van der Waals surface area contributed by atoms with Gasteiger partial charge in [-0.2, -0.15) is 0 Å². The Balaban J connectivity index is 1.67. The van der Waals surface area contributed by atoms with Gasteiger partial charge in [-0.1, -0.05) is 30.3 Å². The fourth-order valence-electron chi connectivity index (χ4n) is 2.44. The van der Waals surface area contributed by atoms with Gasteiger partial charge in [0.2, 0.25) is 5.91 Å². The van der Waals surface area contributed by atoms with Gasteiger partial charge in [0.05, 0.1) is 6.04 Å². The molecule has 0 saturated carbocycles. The first-order valence-corrected chi connectivity index (χ1v) is 7.05. The molecule has 0 spiro atoms. The van der Waals surface area contributed by atoms with Crippen LogP contribution in [0, 0.1) is 0 Å². The Hall–Kier alpha value is -1.39. The third-order valence-corrected chi connectivity index (χ3v) is 3.56. The van der Waals surface area contributed by atoms with Crippen molar-refractivity contribution in [3.05, 3.63) is 35.9 Å². The SMILES string of the molecule is NC(Cc1ccccc1)C(=O)NCCN1CCCC1. The number of benzene rings is 1. The zero-order valence-electron chi connectivity index (χ0n) is 11.3. The van der Waals surface area contributed by atoms with E-state index < -0.39 is 6.04 Å². The van der Waals surface area contributed by atoms with E-state index in [0.29, 0.717) is 13.0 Å². The fourth-order valence-corrected chi connectivity index (χ4v) is 2.44. The molecule has 2 rings (SSSR count). The Morgan fingerprint density at radius 2 is 1.95 bits per heavy atom. The summed E-state index contributed by atoms with van der Waals surface area (Å²) in [5.41, 5.74) is 7.02. The van der Waals surface area contributed by atoms with Crippen LogP contribution in [-0.4, -0.2) is 43.0 Å². The molecule has 1 aliphatic heterocycles. The second-order valence-corrected chi connectivity index (χ2v) is 5.14. The fraction of sp³-hybridized carbons (Fsp3) is 0.533. The number of nitrogens with two attached hydrogens (primary N) is 1. The smallest absolute Gasteiger partial charge is 0.237 e. The summed E-state index contributed by atoms with van der Waals surface area (Å²) in [6.07, 6.45) is 3.15. The highest BCUT2D eigenvalue weighted by molar-refractivity contribution is 5.81. The molecule has 0 aromatic heterocycles. The molecule has 1 atom stereocenters. The minimum absolute atomic E-state index is 0.0527. The topological polar surface area (TPSA) is 58.4 Å². The van der Waals surface area contributed by atoms with Crippen LogP contribution in [0.15, 0.2) is 30.3 Å². The molecule has 1 fully saturated rings. The highest BCUT2D eigenvalue weighted by Gasteiger charge is 2.15. The zero-order chi connectivity index (χ0) is 13.5. The monoisotopic (exact) mass is 261 g/mol. The van der Waals surface area contributed by atoms with Crippen molar-refractivity contribution in [2.75, 3.05) is 26.2 Å². The molecular formula is C15H23N3O. The molecule has 1 unspecified atom stereocenters. The van der Waals surface area contributed by atoms with E-state index in [1.54, 1.807) is 0 Å². The Morgan fingerprint density at radius 3 is 2.63 bits per heavy atom. The Kier molecular flexibility index (Phi) is 5.36. The van der Waals surface area contributed by atoms with Crippen molar-refractivity contribution in [3.63, 3.8) is 0 Å². The van der Waals surface area contributed by atoms with Gasteiger partial charge in [-0.3, -0.25) is 4.79 Å². The Bertz CT molecular complexity index is 388. The molecule has 1 aromatic carbocycles. The van der Waals surface area contributed by atoms with Crippen LogP contribution in [0.3, 0.4) is 0 Å². The molecule has 1 aromatic rings. The summed E-state index contributed by atoms with van der Waals surface area (Å²) in [6, 6.07) is 9.43. The largest absolute Gasteiger partial charge is 0.353 e. The molecule has 1 heterocycles. The molecule has 0 radical (unpaired) electrons. The third kappa shape index (κ3) is 4.65. The van der Waals surface area contributed by atoms with E-state index in [-0.39, 0.29) is 5.91 Å². The minimum Gasteiger partial charge on any atom is -0.353 e. The standard InChI is InChI=1S/C15H23N3O/c16-14(12-13-6-2-1-3-7-13)15(19)17-8-11-18-9-4-5-10-18/h1-3,6-7,14H,4-5,8-12,16H2,(H,17,19). The molecule has 1 aliphatic rings. The highest BCUT2D eigenvalue weighted by Crippen LogP contribution is 2.05. The summed E-state index contributed by atoms with van der Waals surface area (Å²) in [5, 5.41) is 2.92. The van der Waals surface area contributed by atoms with Gasteiger partial charge in [-0.05, 0) is 37.9 Å². The number of nitrogens with one attached hydrogen (secondary N) is 1. The number of amides is 1. The lowest BCUT2D eigenvalue weighted by Crippen LogP contribution is -2.44. The van der Waals surface area contributed by atoms with Gasteiger partial charge in [-0.25, -0.2) is 0 Å². The molecule has 4 heteroatoms. The number of hydrogen-bond acceptors (Lipinski definition) is 3.